The Morgan fingerprint density at radius 2 is 1.53 bits per heavy atom. The summed E-state index contributed by atoms with van der Waals surface area (Å²) in [5.74, 6) is -0.492. The van der Waals surface area contributed by atoms with Crippen molar-refractivity contribution in [1.29, 1.82) is 0 Å². The highest BCUT2D eigenvalue weighted by atomic mass is 32.2. The number of nitrogens with zero attached hydrogens (tertiary/aromatic N) is 3. The van der Waals surface area contributed by atoms with E-state index in [4.69, 9.17) is 4.84 Å². The molecule has 5 nitrogen and oxygen atoms in total. The first kappa shape index (κ1) is 29.3. The van der Waals surface area contributed by atoms with Gasteiger partial charge in [0.2, 0.25) is 0 Å². The third kappa shape index (κ3) is 7.36. The number of fused-ring (bicyclic) bond motifs is 1. The highest BCUT2D eigenvalue weighted by molar-refractivity contribution is 8.03. The summed E-state index contributed by atoms with van der Waals surface area (Å²) in [7, 11) is 1.74. The molecule has 0 heterocycles. The SMILES string of the molecule is C=C(/C=C\C=NC)Sc1cccc(N(c2ccc(/C(C)=N\OC(=O)c3ccccc3)cc2)c2cccc3ccccc23)c1. The van der Waals surface area contributed by atoms with Crippen LogP contribution in [0.25, 0.3) is 10.8 Å². The Hall–Kier alpha value is -5.20. The normalized spacial score (nSPS) is 11.7. The Kier molecular flexibility index (Phi) is 9.62. The van der Waals surface area contributed by atoms with Crippen molar-refractivity contribution < 1.29 is 9.63 Å². The van der Waals surface area contributed by atoms with Crippen LogP contribution in [0.2, 0.25) is 0 Å². The zero-order valence-electron chi connectivity index (χ0n) is 24.1. The first-order valence-corrected chi connectivity index (χ1v) is 14.6. The smallest absolute Gasteiger partial charge is 0.313 e. The second-order valence-electron chi connectivity index (χ2n) is 9.63. The molecule has 6 heteroatoms. The third-order valence-electron chi connectivity index (χ3n) is 6.67. The van der Waals surface area contributed by atoms with Gasteiger partial charge in [-0.25, -0.2) is 4.79 Å². The van der Waals surface area contributed by atoms with E-state index in [0.717, 1.165) is 43.2 Å². The molecule has 212 valence electrons. The van der Waals surface area contributed by atoms with Crippen LogP contribution in [0.15, 0.2) is 160 Å². The number of hydrogen-bond donors (Lipinski definition) is 0. The van der Waals surface area contributed by atoms with Gasteiger partial charge in [0.05, 0.1) is 17.0 Å². The lowest BCUT2D eigenvalue weighted by Gasteiger charge is -2.27. The molecule has 0 N–H and O–H groups in total. The van der Waals surface area contributed by atoms with Gasteiger partial charge in [-0.1, -0.05) is 96.3 Å². The number of aliphatic imine (C=N–C) groups is 1. The molecule has 0 saturated heterocycles. The number of anilines is 3. The minimum atomic E-state index is -0.492. The molecule has 0 fully saturated rings. The number of carbonyl (C=O) groups excluding carboxylic acids is 1. The fourth-order valence-electron chi connectivity index (χ4n) is 4.58. The number of allylic oxidation sites excluding steroid dienone is 2. The second-order valence-corrected chi connectivity index (χ2v) is 10.8. The molecule has 43 heavy (non-hydrogen) atoms. The van der Waals surface area contributed by atoms with E-state index in [1.54, 1.807) is 49.3 Å². The van der Waals surface area contributed by atoms with E-state index in [2.05, 4.69) is 100 Å². The summed E-state index contributed by atoms with van der Waals surface area (Å²) in [5.41, 5.74) is 4.97. The van der Waals surface area contributed by atoms with E-state index < -0.39 is 5.97 Å². The van der Waals surface area contributed by atoms with E-state index in [1.807, 2.05) is 37.3 Å². The molecule has 0 unspecified atom stereocenters. The third-order valence-corrected chi connectivity index (χ3v) is 7.56. The molecule has 0 aliphatic heterocycles. The van der Waals surface area contributed by atoms with Gasteiger partial charge in [0.15, 0.2) is 0 Å². The van der Waals surface area contributed by atoms with E-state index in [1.165, 1.54) is 0 Å². The molecule has 5 rings (SSSR count). The van der Waals surface area contributed by atoms with Crippen molar-refractivity contribution in [2.24, 2.45) is 10.1 Å². The molecule has 0 spiro atoms. The van der Waals surface area contributed by atoms with Crippen molar-refractivity contribution >= 4 is 57.5 Å². The molecular weight excluding hydrogens is 550 g/mol. The predicted molar refractivity (Wildman–Crippen MR) is 181 cm³/mol. The Labute approximate surface area is 256 Å². The van der Waals surface area contributed by atoms with Gasteiger partial charge >= 0.3 is 5.97 Å². The maximum Gasteiger partial charge on any atom is 0.365 e. The number of thioether (sulfide) groups is 1. The van der Waals surface area contributed by atoms with Gasteiger partial charge in [-0.2, -0.15) is 0 Å². The highest BCUT2D eigenvalue weighted by Gasteiger charge is 2.16. The maximum atomic E-state index is 12.4. The summed E-state index contributed by atoms with van der Waals surface area (Å²) in [6.45, 7) is 6.00. The average molecular weight is 582 g/mol. The number of rotatable bonds is 10. The Bertz CT molecular complexity index is 1820. The van der Waals surface area contributed by atoms with Crippen LogP contribution in [0, 0.1) is 0 Å². The summed E-state index contributed by atoms with van der Waals surface area (Å²) in [6.07, 6.45) is 5.58. The van der Waals surface area contributed by atoms with Crippen molar-refractivity contribution in [3.63, 3.8) is 0 Å². The predicted octanol–water partition coefficient (Wildman–Crippen LogP) is 9.75. The summed E-state index contributed by atoms with van der Waals surface area (Å²) >= 11 is 1.61. The molecule has 0 aromatic heterocycles. The molecule has 0 atom stereocenters. The standard InChI is InChI=1S/C37H31N3O2S/c1-27(12-11-25-38-3)43-34-18-10-17-33(26-34)40(36-20-9-16-30-13-7-8-19-35(30)36)32-23-21-29(22-24-32)28(2)39-42-37(41)31-14-5-4-6-15-31/h4-26H,1H2,2-3H3/b12-11-,38-25?,39-28-. The highest BCUT2D eigenvalue weighted by Crippen LogP contribution is 2.40. The van der Waals surface area contributed by atoms with Gasteiger partial charge in [0, 0.05) is 39.8 Å². The van der Waals surface area contributed by atoms with Gasteiger partial charge < -0.3 is 9.74 Å². The van der Waals surface area contributed by atoms with Crippen LogP contribution >= 0.6 is 11.8 Å². The average Bonchev–Trinajstić information content (AvgIpc) is 3.05. The maximum absolute atomic E-state index is 12.4. The Balaban J connectivity index is 1.48. The molecular formula is C37H31N3O2S. The fraction of sp³-hybridized carbons (Fsp3) is 0.0541. The van der Waals surface area contributed by atoms with Gasteiger partial charge in [0.1, 0.15) is 0 Å². The van der Waals surface area contributed by atoms with E-state index in [0.29, 0.717) is 11.3 Å². The van der Waals surface area contributed by atoms with Crippen LogP contribution in [0.3, 0.4) is 0 Å². The van der Waals surface area contributed by atoms with E-state index in [9.17, 15) is 4.79 Å². The van der Waals surface area contributed by atoms with Gasteiger partial charge in [0.25, 0.3) is 0 Å². The van der Waals surface area contributed by atoms with Crippen LogP contribution in [0.1, 0.15) is 22.8 Å². The van der Waals surface area contributed by atoms with E-state index in [-0.39, 0.29) is 0 Å². The Morgan fingerprint density at radius 3 is 2.33 bits per heavy atom. The van der Waals surface area contributed by atoms with Crippen LogP contribution in [-0.4, -0.2) is 24.9 Å². The summed E-state index contributed by atoms with van der Waals surface area (Å²) in [5, 5.41) is 6.40. The zero-order chi connectivity index (χ0) is 30.0. The molecule has 5 aromatic rings. The first-order chi connectivity index (χ1) is 21.0. The molecule has 0 amide bonds. The summed E-state index contributed by atoms with van der Waals surface area (Å²) < 4.78 is 0. The molecule has 5 aromatic carbocycles. The topological polar surface area (TPSA) is 54.3 Å². The largest absolute Gasteiger partial charge is 0.365 e. The van der Waals surface area contributed by atoms with Crippen molar-refractivity contribution in [2.75, 3.05) is 11.9 Å². The molecule has 0 aliphatic carbocycles. The summed E-state index contributed by atoms with van der Waals surface area (Å²) in [4.78, 5) is 25.8. The number of benzene rings is 5. The number of oxime groups is 1. The van der Waals surface area contributed by atoms with Gasteiger partial charge in [-0.05, 0) is 78.6 Å². The van der Waals surface area contributed by atoms with Crippen molar-refractivity contribution in [3.8, 4) is 0 Å². The quantitative estimate of drug-likeness (QED) is 0.0542. The number of carbonyl (C=O) groups is 1. The molecule has 0 saturated carbocycles. The van der Waals surface area contributed by atoms with Gasteiger partial charge in [-0.15, -0.1) is 0 Å². The van der Waals surface area contributed by atoms with Crippen LogP contribution in [0.4, 0.5) is 17.1 Å². The fourth-order valence-corrected chi connectivity index (χ4v) is 5.36. The molecule has 0 aliphatic rings. The first-order valence-electron chi connectivity index (χ1n) is 13.8. The lowest BCUT2D eigenvalue weighted by molar-refractivity contribution is 0.0516. The minimum absolute atomic E-state index is 0.454. The molecule has 0 bridgehead atoms. The van der Waals surface area contributed by atoms with Crippen LogP contribution < -0.4 is 4.90 Å². The molecule has 0 radical (unpaired) electrons. The zero-order valence-corrected chi connectivity index (χ0v) is 24.9. The van der Waals surface area contributed by atoms with Gasteiger partial charge in [-0.3, -0.25) is 4.99 Å². The lowest BCUT2D eigenvalue weighted by Crippen LogP contribution is -2.11. The lowest BCUT2D eigenvalue weighted by atomic mass is 10.1. The summed E-state index contributed by atoms with van der Waals surface area (Å²) in [6, 6.07) is 40.1. The monoisotopic (exact) mass is 581 g/mol. The number of hydrogen-bond acceptors (Lipinski definition) is 6. The van der Waals surface area contributed by atoms with Crippen molar-refractivity contribution in [1.82, 2.24) is 0 Å². The van der Waals surface area contributed by atoms with E-state index >= 15 is 0 Å². The van der Waals surface area contributed by atoms with Crippen molar-refractivity contribution in [3.05, 3.63) is 156 Å². The Morgan fingerprint density at radius 1 is 0.814 bits per heavy atom. The van der Waals surface area contributed by atoms with Crippen LogP contribution in [-0.2, 0) is 4.84 Å². The second kappa shape index (κ2) is 14.1. The minimum Gasteiger partial charge on any atom is -0.313 e. The van der Waals surface area contributed by atoms with Crippen LogP contribution in [0.5, 0.6) is 0 Å². The van der Waals surface area contributed by atoms with Crippen molar-refractivity contribution in [2.45, 2.75) is 11.8 Å².